The van der Waals surface area contributed by atoms with Gasteiger partial charge in [-0.25, -0.2) is 5.43 Å². The van der Waals surface area contributed by atoms with E-state index in [9.17, 15) is 9.59 Å². The zero-order chi connectivity index (χ0) is 22.1. The predicted molar refractivity (Wildman–Crippen MR) is 123 cm³/mol. The van der Waals surface area contributed by atoms with Crippen molar-refractivity contribution >= 4 is 39.6 Å². The molecule has 2 N–H and O–H groups in total. The van der Waals surface area contributed by atoms with Gasteiger partial charge in [0.1, 0.15) is 11.5 Å². The van der Waals surface area contributed by atoms with E-state index in [0.29, 0.717) is 22.7 Å². The highest BCUT2D eigenvalue weighted by molar-refractivity contribution is 9.10. The van der Waals surface area contributed by atoms with Crippen LogP contribution in [0.5, 0.6) is 11.5 Å². The Morgan fingerprint density at radius 1 is 0.935 bits per heavy atom. The maximum Gasteiger partial charge on any atom is 0.271 e. The number of ether oxygens (including phenoxy) is 2. The molecular weight excluding hydrogens is 462 g/mol. The Morgan fingerprint density at radius 3 is 2.23 bits per heavy atom. The predicted octanol–water partition coefficient (Wildman–Crippen LogP) is 4.24. The molecule has 0 aliphatic carbocycles. The maximum atomic E-state index is 12.1. The van der Waals surface area contributed by atoms with Gasteiger partial charge in [-0.2, -0.15) is 5.10 Å². The summed E-state index contributed by atoms with van der Waals surface area (Å²) in [5.41, 5.74) is 4.40. The zero-order valence-corrected chi connectivity index (χ0v) is 18.3. The van der Waals surface area contributed by atoms with Gasteiger partial charge in [0, 0.05) is 15.7 Å². The lowest BCUT2D eigenvalue weighted by Crippen LogP contribution is -2.20. The molecule has 3 aromatic carbocycles. The van der Waals surface area contributed by atoms with E-state index in [1.54, 1.807) is 67.8 Å². The minimum atomic E-state index is -0.323. The third-order valence-electron chi connectivity index (χ3n) is 4.11. The number of hydrazone groups is 1. The molecule has 0 aromatic heterocycles. The number of nitrogens with one attached hydrogen (secondary N) is 2. The van der Waals surface area contributed by atoms with E-state index in [0.717, 1.165) is 10.0 Å². The van der Waals surface area contributed by atoms with E-state index in [4.69, 9.17) is 9.47 Å². The van der Waals surface area contributed by atoms with E-state index >= 15 is 0 Å². The van der Waals surface area contributed by atoms with Gasteiger partial charge in [0.25, 0.3) is 11.8 Å². The highest BCUT2D eigenvalue weighted by atomic mass is 79.9. The number of amides is 2. The van der Waals surface area contributed by atoms with Crippen molar-refractivity contribution in [2.24, 2.45) is 5.10 Å². The third-order valence-corrected chi connectivity index (χ3v) is 4.64. The third kappa shape index (κ3) is 6.97. The number of anilines is 1. The van der Waals surface area contributed by atoms with Crippen LogP contribution in [0.15, 0.2) is 82.4 Å². The summed E-state index contributed by atoms with van der Waals surface area (Å²) >= 11 is 3.35. The molecule has 8 heteroatoms. The van der Waals surface area contributed by atoms with Crippen molar-refractivity contribution in [3.8, 4) is 11.5 Å². The molecular formula is C23H20BrN3O4. The number of hydrogen-bond donors (Lipinski definition) is 2. The van der Waals surface area contributed by atoms with Crippen molar-refractivity contribution < 1.29 is 19.1 Å². The molecule has 0 saturated carbocycles. The molecule has 0 spiro atoms. The first-order valence-corrected chi connectivity index (χ1v) is 10.1. The van der Waals surface area contributed by atoms with E-state index in [1.807, 2.05) is 12.1 Å². The summed E-state index contributed by atoms with van der Waals surface area (Å²) in [5, 5.41) is 6.71. The molecule has 0 unspecified atom stereocenters. The minimum absolute atomic E-state index is 0.110. The van der Waals surface area contributed by atoms with E-state index in [1.165, 1.54) is 6.21 Å². The largest absolute Gasteiger partial charge is 0.497 e. The lowest BCUT2D eigenvalue weighted by atomic mass is 10.2. The highest BCUT2D eigenvalue weighted by Gasteiger charge is 2.05. The van der Waals surface area contributed by atoms with Gasteiger partial charge in [-0.15, -0.1) is 0 Å². The first kappa shape index (κ1) is 22.0. The van der Waals surface area contributed by atoms with Crippen molar-refractivity contribution in [1.82, 2.24) is 5.43 Å². The second-order valence-corrected chi connectivity index (χ2v) is 7.26. The number of benzene rings is 3. The average Bonchev–Trinajstić information content (AvgIpc) is 2.80. The molecule has 0 aliphatic heterocycles. The van der Waals surface area contributed by atoms with Crippen LogP contribution in [0.2, 0.25) is 0 Å². The van der Waals surface area contributed by atoms with Crippen molar-refractivity contribution in [2.75, 3.05) is 19.0 Å². The van der Waals surface area contributed by atoms with Gasteiger partial charge in [-0.05, 0) is 78.4 Å². The Morgan fingerprint density at radius 2 is 1.58 bits per heavy atom. The summed E-state index contributed by atoms with van der Waals surface area (Å²) in [5.74, 6) is 0.642. The number of halogens is 1. The van der Waals surface area contributed by atoms with E-state index < -0.39 is 0 Å². The Bertz CT molecular complexity index is 1050. The summed E-state index contributed by atoms with van der Waals surface area (Å²) < 4.78 is 11.5. The van der Waals surface area contributed by atoms with Gasteiger partial charge < -0.3 is 14.8 Å². The van der Waals surface area contributed by atoms with Gasteiger partial charge in [0.05, 0.1) is 13.3 Å². The van der Waals surface area contributed by atoms with Gasteiger partial charge in [-0.3, -0.25) is 9.59 Å². The Hall–Kier alpha value is -3.65. The summed E-state index contributed by atoms with van der Waals surface area (Å²) in [6.45, 7) is -0.110. The highest BCUT2D eigenvalue weighted by Crippen LogP contribution is 2.15. The molecule has 0 fully saturated rings. The van der Waals surface area contributed by atoms with E-state index in [-0.39, 0.29) is 18.4 Å². The molecule has 0 saturated heterocycles. The fraction of sp³-hybridized carbons (Fsp3) is 0.0870. The van der Waals surface area contributed by atoms with Crippen LogP contribution in [0, 0.1) is 0 Å². The second-order valence-electron chi connectivity index (χ2n) is 6.34. The number of carbonyl (C=O) groups is 2. The smallest absolute Gasteiger partial charge is 0.271 e. The normalized spacial score (nSPS) is 10.5. The number of hydrogen-bond acceptors (Lipinski definition) is 5. The Balaban J connectivity index is 1.45. The van der Waals surface area contributed by atoms with Crippen LogP contribution in [0.1, 0.15) is 15.9 Å². The summed E-state index contributed by atoms with van der Waals surface area (Å²) in [6, 6.07) is 21.0. The van der Waals surface area contributed by atoms with Crippen LogP contribution in [0.4, 0.5) is 5.69 Å². The van der Waals surface area contributed by atoms with Gasteiger partial charge in [0.2, 0.25) is 0 Å². The number of methoxy groups -OCH3 is 1. The standard InChI is InChI=1S/C23H20BrN3O4/c1-30-20-12-4-17(5-13-20)23(29)27-25-14-16-2-10-21(11-3-16)31-15-22(28)26-19-8-6-18(24)7-9-19/h2-14H,15H2,1H3,(H,26,28)(H,27,29)/b25-14-. The molecule has 0 radical (unpaired) electrons. The molecule has 0 heterocycles. The molecule has 2 amide bonds. The SMILES string of the molecule is COc1ccc(C(=O)N/N=C\c2ccc(OCC(=O)Nc3ccc(Br)cc3)cc2)cc1. The Labute approximate surface area is 188 Å². The summed E-state index contributed by atoms with van der Waals surface area (Å²) in [4.78, 5) is 24.0. The van der Waals surface area contributed by atoms with Gasteiger partial charge in [-0.1, -0.05) is 15.9 Å². The Kier molecular flexibility index (Phi) is 7.78. The van der Waals surface area contributed by atoms with Crippen LogP contribution in [-0.2, 0) is 4.79 Å². The van der Waals surface area contributed by atoms with Crippen molar-refractivity contribution in [3.63, 3.8) is 0 Å². The van der Waals surface area contributed by atoms with Gasteiger partial charge >= 0.3 is 0 Å². The first-order valence-electron chi connectivity index (χ1n) is 9.29. The van der Waals surface area contributed by atoms with Crippen LogP contribution in [-0.4, -0.2) is 31.7 Å². The van der Waals surface area contributed by atoms with Crippen molar-refractivity contribution in [2.45, 2.75) is 0 Å². The van der Waals surface area contributed by atoms with Crippen molar-refractivity contribution in [3.05, 3.63) is 88.4 Å². The molecule has 3 aromatic rings. The molecule has 0 atom stereocenters. The van der Waals surface area contributed by atoms with Crippen molar-refractivity contribution in [1.29, 1.82) is 0 Å². The topological polar surface area (TPSA) is 89.0 Å². The van der Waals surface area contributed by atoms with E-state index in [2.05, 4.69) is 31.8 Å². The maximum absolute atomic E-state index is 12.1. The first-order chi connectivity index (χ1) is 15.0. The van der Waals surface area contributed by atoms with Crippen LogP contribution in [0.3, 0.4) is 0 Å². The quantitative estimate of drug-likeness (QED) is 0.372. The molecule has 0 bridgehead atoms. The second kappa shape index (κ2) is 10.9. The van der Waals surface area contributed by atoms with Crippen LogP contribution in [0.25, 0.3) is 0 Å². The number of nitrogens with zero attached hydrogens (tertiary/aromatic N) is 1. The average molecular weight is 482 g/mol. The van der Waals surface area contributed by atoms with Crippen LogP contribution < -0.4 is 20.2 Å². The molecule has 0 aliphatic rings. The minimum Gasteiger partial charge on any atom is -0.497 e. The van der Waals surface area contributed by atoms with Crippen LogP contribution >= 0.6 is 15.9 Å². The molecule has 7 nitrogen and oxygen atoms in total. The molecule has 3 rings (SSSR count). The summed E-state index contributed by atoms with van der Waals surface area (Å²) in [7, 11) is 1.56. The lowest BCUT2D eigenvalue weighted by molar-refractivity contribution is -0.118. The summed E-state index contributed by atoms with van der Waals surface area (Å²) in [6.07, 6.45) is 1.52. The van der Waals surface area contributed by atoms with Gasteiger partial charge in [0.15, 0.2) is 6.61 Å². The molecule has 158 valence electrons. The number of rotatable bonds is 8. The fourth-order valence-corrected chi connectivity index (χ4v) is 2.77. The lowest BCUT2D eigenvalue weighted by Gasteiger charge is -2.08. The molecule has 31 heavy (non-hydrogen) atoms. The fourth-order valence-electron chi connectivity index (χ4n) is 2.50. The monoisotopic (exact) mass is 481 g/mol. The number of carbonyl (C=O) groups excluding carboxylic acids is 2. The zero-order valence-electron chi connectivity index (χ0n) is 16.7.